The molecular formula is C19H25FN2O2. The topological polar surface area (TPSA) is 63.4 Å². The number of carbonyl (C=O) groups excluding carboxylic acids is 2. The summed E-state index contributed by atoms with van der Waals surface area (Å²) in [6, 6.07) is 4.77. The number of halogens is 1. The molecule has 2 aliphatic rings. The van der Waals surface area contributed by atoms with Crippen molar-refractivity contribution in [2.24, 2.45) is 17.6 Å². The number of primary amides is 1. The summed E-state index contributed by atoms with van der Waals surface area (Å²) in [7, 11) is 0. The molecule has 1 aromatic rings. The SMILES string of the molecule is CC1Cc2cc(F)ccc2C(C)N1C(=O)C1CCCC(C(N)=O)C1. The Bertz CT molecular complexity index is 661. The summed E-state index contributed by atoms with van der Waals surface area (Å²) >= 11 is 0. The Morgan fingerprint density at radius 2 is 1.92 bits per heavy atom. The summed E-state index contributed by atoms with van der Waals surface area (Å²) in [4.78, 5) is 26.5. The third-order valence-electron chi connectivity index (χ3n) is 5.64. The molecule has 1 saturated carbocycles. The molecule has 0 spiro atoms. The van der Waals surface area contributed by atoms with E-state index in [0.29, 0.717) is 12.8 Å². The molecule has 2 N–H and O–H groups in total. The number of amides is 2. The van der Waals surface area contributed by atoms with Gasteiger partial charge in [-0.1, -0.05) is 12.5 Å². The number of hydrogen-bond donors (Lipinski definition) is 1. The van der Waals surface area contributed by atoms with E-state index in [1.807, 2.05) is 18.7 Å². The summed E-state index contributed by atoms with van der Waals surface area (Å²) in [5, 5.41) is 0. The van der Waals surface area contributed by atoms with Crippen LogP contribution < -0.4 is 5.73 Å². The Hall–Kier alpha value is -1.91. The van der Waals surface area contributed by atoms with Gasteiger partial charge in [0.25, 0.3) is 0 Å². The first-order chi connectivity index (χ1) is 11.4. The molecule has 5 heteroatoms. The number of carbonyl (C=O) groups is 2. The lowest BCUT2D eigenvalue weighted by molar-refractivity contribution is -0.143. The van der Waals surface area contributed by atoms with Crippen molar-refractivity contribution in [1.82, 2.24) is 4.90 Å². The zero-order chi connectivity index (χ0) is 17.4. The molecule has 130 valence electrons. The smallest absolute Gasteiger partial charge is 0.226 e. The van der Waals surface area contributed by atoms with E-state index in [1.165, 1.54) is 6.07 Å². The van der Waals surface area contributed by atoms with Crippen molar-refractivity contribution in [1.29, 1.82) is 0 Å². The number of benzene rings is 1. The summed E-state index contributed by atoms with van der Waals surface area (Å²) in [5.41, 5.74) is 7.44. The van der Waals surface area contributed by atoms with Crippen LogP contribution >= 0.6 is 0 Å². The number of fused-ring (bicyclic) bond motifs is 1. The van der Waals surface area contributed by atoms with E-state index >= 15 is 0 Å². The van der Waals surface area contributed by atoms with Crippen LogP contribution in [0.1, 0.15) is 56.7 Å². The lowest BCUT2D eigenvalue weighted by Gasteiger charge is -2.43. The van der Waals surface area contributed by atoms with Gasteiger partial charge < -0.3 is 10.6 Å². The van der Waals surface area contributed by atoms with Gasteiger partial charge in [-0.15, -0.1) is 0 Å². The Morgan fingerprint density at radius 1 is 1.21 bits per heavy atom. The minimum atomic E-state index is -0.298. The Morgan fingerprint density at radius 3 is 2.62 bits per heavy atom. The zero-order valence-electron chi connectivity index (χ0n) is 14.3. The zero-order valence-corrected chi connectivity index (χ0v) is 14.3. The highest BCUT2D eigenvalue weighted by molar-refractivity contribution is 5.82. The maximum atomic E-state index is 13.5. The molecule has 4 unspecified atom stereocenters. The molecule has 3 rings (SSSR count). The van der Waals surface area contributed by atoms with E-state index in [9.17, 15) is 14.0 Å². The Balaban J connectivity index is 1.82. The van der Waals surface area contributed by atoms with E-state index in [-0.39, 0.29) is 41.6 Å². The molecule has 24 heavy (non-hydrogen) atoms. The van der Waals surface area contributed by atoms with E-state index < -0.39 is 0 Å². The summed E-state index contributed by atoms with van der Waals surface area (Å²) < 4.78 is 13.5. The molecule has 4 nitrogen and oxygen atoms in total. The summed E-state index contributed by atoms with van der Waals surface area (Å²) in [6.45, 7) is 4.01. The molecule has 1 heterocycles. The molecule has 0 bridgehead atoms. The third-order valence-corrected chi connectivity index (χ3v) is 5.64. The highest BCUT2D eigenvalue weighted by atomic mass is 19.1. The van der Waals surface area contributed by atoms with Crippen LogP contribution in [0.15, 0.2) is 18.2 Å². The third kappa shape index (κ3) is 3.04. The first-order valence-corrected chi connectivity index (χ1v) is 8.78. The number of hydrogen-bond acceptors (Lipinski definition) is 2. The van der Waals surface area contributed by atoms with Gasteiger partial charge in [-0.25, -0.2) is 4.39 Å². The van der Waals surface area contributed by atoms with Crippen molar-refractivity contribution in [3.63, 3.8) is 0 Å². The van der Waals surface area contributed by atoms with E-state index in [0.717, 1.165) is 30.4 Å². The normalized spacial score (nSPS) is 29.9. The highest BCUT2D eigenvalue weighted by Crippen LogP contribution is 2.37. The van der Waals surface area contributed by atoms with Gasteiger partial charge in [0.15, 0.2) is 0 Å². The monoisotopic (exact) mass is 332 g/mol. The molecule has 0 aromatic heterocycles. The predicted octanol–water partition coefficient (Wildman–Crippen LogP) is 2.95. The maximum Gasteiger partial charge on any atom is 0.226 e. The Labute approximate surface area is 142 Å². The second-order valence-electron chi connectivity index (χ2n) is 7.28. The van der Waals surface area contributed by atoms with Crippen LogP contribution in [0.2, 0.25) is 0 Å². The fraction of sp³-hybridized carbons (Fsp3) is 0.579. The van der Waals surface area contributed by atoms with Gasteiger partial charge in [0.05, 0.1) is 6.04 Å². The van der Waals surface area contributed by atoms with Crippen molar-refractivity contribution < 1.29 is 14.0 Å². The molecule has 0 saturated heterocycles. The quantitative estimate of drug-likeness (QED) is 0.905. The van der Waals surface area contributed by atoms with Crippen molar-refractivity contribution >= 4 is 11.8 Å². The highest BCUT2D eigenvalue weighted by Gasteiger charge is 2.38. The average molecular weight is 332 g/mol. The second kappa shape index (κ2) is 6.54. The number of nitrogens with two attached hydrogens (primary N) is 1. The summed E-state index contributed by atoms with van der Waals surface area (Å²) in [6.07, 6.45) is 3.68. The number of rotatable bonds is 2. The van der Waals surface area contributed by atoms with Crippen LogP contribution in [0.3, 0.4) is 0 Å². The van der Waals surface area contributed by atoms with Crippen molar-refractivity contribution in [2.45, 2.75) is 58.0 Å². The van der Waals surface area contributed by atoms with Crippen molar-refractivity contribution in [2.75, 3.05) is 0 Å². The van der Waals surface area contributed by atoms with Crippen LogP contribution in [-0.2, 0) is 16.0 Å². The van der Waals surface area contributed by atoms with E-state index in [1.54, 1.807) is 12.1 Å². The van der Waals surface area contributed by atoms with Crippen LogP contribution in [0.5, 0.6) is 0 Å². The number of nitrogens with zero attached hydrogens (tertiary/aromatic N) is 1. The van der Waals surface area contributed by atoms with Gasteiger partial charge >= 0.3 is 0 Å². The molecule has 1 aliphatic carbocycles. The molecule has 0 radical (unpaired) electrons. The average Bonchev–Trinajstić information content (AvgIpc) is 2.54. The Kier molecular flexibility index (Phi) is 4.61. The van der Waals surface area contributed by atoms with Gasteiger partial charge in [0.1, 0.15) is 5.82 Å². The molecule has 1 fully saturated rings. The van der Waals surface area contributed by atoms with Crippen molar-refractivity contribution in [3.05, 3.63) is 35.1 Å². The first kappa shape index (κ1) is 16.9. The summed E-state index contributed by atoms with van der Waals surface area (Å²) in [5.74, 6) is -0.749. The van der Waals surface area contributed by atoms with Crippen LogP contribution in [0.4, 0.5) is 4.39 Å². The van der Waals surface area contributed by atoms with E-state index in [4.69, 9.17) is 5.73 Å². The maximum absolute atomic E-state index is 13.5. The first-order valence-electron chi connectivity index (χ1n) is 8.78. The van der Waals surface area contributed by atoms with Gasteiger partial charge in [0.2, 0.25) is 11.8 Å². The molecule has 2 amide bonds. The minimum absolute atomic E-state index is 0.0238. The van der Waals surface area contributed by atoms with Gasteiger partial charge in [0, 0.05) is 17.9 Å². The van der Waals surface area contributed by atoms with Gasteiger partial charge in [-0.05, 0) is 62.8 Å². The van der Waals surface area contributed by atoms with Crippen LogP contribution in [-0.4, -0.2) is 22.8 Å². The molecular weight excluding hydrogens is 307 g/mol. The molecule has 4 atom stereocenters. The largest absolute Gasteiger partial charge is 0.369 e. The standard InChI is InChI=1S/C19H25FN2O2/c1-11-8-15-10-16(20)6-7-17(15)12(2)22(11)19(24)14-5-3-4-13(9-14)18(21)23/h6-7,10-14H,3-5,8-9H2,1-2H3,(H2,21,23). The van der Waals surface area contributed by atoms with Gasteiger partial charge in [-0.3, -0.25) is 9.59 Å². The minimum Gasteiger partial charge on any atom is -0.369 e. The van der Waals surface area contributed by atoms with Gasteiger partial charge in [-0.2, -0.15) is 0 Å². The van der Waals surface area contributed by atoms with E-state index in [2.05, 4.69) is 0 Å². The van der Waals surface area contributed by atoms with Crippen molar-refractivity contribution in [3.8, 4) is 0 Å². The predicted molar refractivity (Wildman–Crippen MR) is 89.5 cm³/mol. The lowest BCUT2D eigenvalue weighted by Crippen LogP contribution is -2.48. The molecule has 1 aliphatic heterocycles. The second-order valence-corrected chi connectivity index (χ2v) is 7.28. The van der Waals surface area contributed by atoms with Crippen LogP contribution in [0.25, 0.3) is 0 Å². The fourth-order valence-corrected chi connectivity index (χ4v) is 4.40. The molecule has 1 aromatic carbocycles. The lowest BCUT2D eigenvalue weighted by atomic mass is 9.79. The fourth-order valence-electron chi connectivity index (χ4n) is 4.40. The van der Waals surface area contributed by atoms with Crippen LogP contribution in [0, 0.1) is 17.7 Å².